The van der Waals surface area contributed by atoms with E-state index in [1.807, 2.05) is 4.98 Å². The van der Waals surface area contributed by atoms with Gasteiger partial charge >= 0.3 is 5.69 Å². The fourth-order valence-electron chi connectivity index (χ4n) is 0.974. The van der Waals surface area contributed by atoms with Gasteiger partial charge in [-0.3, -0.25) is 9.78 Å². The number of aromatic nitrogens is 2. The molecule has 0 fully saturated rings. The lowest BCUT2D eigenvalue weighted by Gasteiger charge is -2.10. The SMILES string of the molecule is CC(CN)NS(=O)(=O)c1c[nH]c(=O)[nH]c1=O. The minimum Gasteiger partial charge on any atom is -0.329 e. The second-order valence-corrected chi connectivity index (χ2v) is 4.88. The third kappa shape index (κ3) is 2.78. The zero-order valence-corrected chi connectivity index (χ0v) is 9.30. The fraction of sp³-hybridized carbons (Fsp3) is 0.429. The normalized spacial score (nSPS) is 13.6. The lowest BCUT2D eigenvalue weighted by atomic mass is 10.4. The summed E-state index contributed by atoms with van der Waals surface area (Å²) in [6.07, 6.45) is 0.840. The molecule has 1 rings (SSSR count). The van der Waals surface area contributed by atoms with Crippen molar-refractivity contribution < 1.29 is 8.42 Å². The van der Waals surface area contributed by atoms with Crippen LogP contribution >= 0.6 is 0 Å². The van der Waals surface area contributed by atoms with Crippen molar-refractivity contribution in [1.29, 1.82) is 0 Å². The first kappa shape index (κ1) is 12.6. The molecule has 0 aromatic carbocycles. The van der Waals surface area contributed by atoms with Gasteiger partial charge in [0.1, 0.15) is 0 Å². The average Bonchev–Trinajstić information content (AvgIpc) is 2.16. The number of nitrogens with one attached hydrogen (secondary N) is 3. The van der Waals surface area contributed by atoms with Crippen LogP contribution in [-0.2, 0) is 10.0 Å². The van der Waals surface area contributed by atoms with Crippen molar-refractivity contribution in [3.05, 3.63) is 27.0 Å². The Bertz CT molecular complexity index is 573. The summed E-state index contributed by atoms with van der Waals surface area (Å²) in [7, 11) is -3.96. The minimum absolute atomic E-state index is 0.0977. The minimum atomic E-state index is -3.96. The Kier molecular flexibility index (Phi) is 3.62. The molecular formula is C7H12N4O4S. The van der Waals surface area contributed by atoms with E-state index in [1.54, 1.807) is 6.92 Å². The van der Waals surface area contributed by atoms with Crippen LogP contribution in [0.2, 0.25) is 0 Å². The van der Waals surface area contributed by atoms with Crippen molar-refractivity contribution in [3.8, 4) is 0 Å². The first-order chi connectivity index (χ1) is 7.36. The van der Waals surface area contributed by atoms with Gasteiger partial charge in [-0.2, -0.15) is 0 Å². The van der Waals surface area contributed by atoms with E-state index in [1.165, 1.54) is 0 Å². The molecule has 0 bridgehead atoms. The summed E-state index contributed by atoms with van der Waals surface area (Å²) in [5.41, 5.74) is 3.51. The molecule has 16 heavy (non-hydrogen) atoms. The molecule has 1 unspecified atom stereocenters. The van der Waals surface area contributed by atoms with Crippen LogP contribution in [0.1, 0.15) is 6.92 Å². The van der Waals surface area contributed by atoms with Crippen LogP contribution in [0.25, 0.3) is 0 Å². The molecule has 0 spiro atoms. The number of aromatic amines is 2. The van der Waals surface area contributed by atoms with Gasteiger partial charge in [-0.15, -0.1) is 0 Å². The monoisotopic (exact) mass is 248 g/mol. The first-order valence-corrected chi connectivity index (χ1v) is 5.89. The quantitative estimate of drug-likeness (QED) is 0.474. The second kappa shape index (κ2) is 4.60. The van der Waals surface area contributed by atoms with Crippen molar-refractivity contribution in [2.75, 3.05) is 6.54 Å². The summed E-state index contributed by atoms with van der Waals surface area (Å²) in [6.45, 7) is 1.65. The molecule has 0 aliphatic heterocycles. The smallest absolute Gasteiger partial charge is 0.325 e. The summed E-state index contributed by atoms with van der Waals surface area (Å²) in [5.74, 6) is 0. The molecule has 0 aliphatic rings. The third-order valence-corrected chi connectivity index (χ3v) is 3.38. The lowest BCUT2D eigenvalue weighted by molar-refractivity contribution is 0.560. The first-order valence-electron chi connectivity index (χ1n) is 4.41. The van der Waals surface area contributed by atoms with Crippen LogP contribution in [0.15, 0.2) is 20.7 Å². The molecule has 1 atom stereocenters. The van der Waals surface area contributed by atoms with Gasteiger partial charge < -0.3 is 10.7 Å². The highest BCUT2D eigenvalue weighted by atomic mass is 32.2. The fourth-order valence-corrected chi connectivity index (χ4v) is 2.24. The van der Waals surface area contributed by atoms with Gasteiger partial charge in [0, 0.05) is 18.8 Å². The van der Waals surface area contributed by atoms with Crippen LogP contribution in [0.3, 0.4) is 0 Å². The van der Waals surface area contributed by atoms with Gasteiger partial charge in [-0.05, 0) is 6.92 Å². The van der Waals surface area contributed by atoms with Crippen molar-refractivity contribution in [2.45, 2.75) is 17.9 Å². The molecule has 5 N–H and O–H groups in total. The molecule has 1 aromatic rings. The number of hydrogen-bond donors (Lipinski definition) is 4. The van der Waals surface area contributed by atoms with E-state index in [0.29, 0.717) is 0 Å². The highest BCUT2D eigenvalue weighted by Gasteiger charge is 2.20. The number of hydrogen-bond acceptors (Lipinski definition) is 5. The summed E-state index contributed by atoms with van der Waals surface area (Å²) in [5, 5.41) is 0. The molecule has 0 aliphatic carbocycles. The number of sulfonamides is 1. The maximum absolute atomic E-state index is 11.6. The van der Waals surface area contributed by atoms with Gasteiger partial charge in [0.25, 0.3) is 5.56 Å². The summed E-state index contributed by atoms with van der Waals surface area (Å²) < 4.78 is 25.4. The predicted molar refractivity (Wildman–Crippen MR) is 56.5 cm³/mol. The second-order valence-electron chi connectivity index (χ2n) is 3.19. The van der Waals surface area contributed by atoms with E-state index in [9.17, 15) is 18.0 Å². The Balaban J connectivity index is 3.18. The van der Waals surface area contributed by atoms with Crippen molar-refractivity contribution in [3.63, 3.8) is 0 Å². The highest BCUT2D eigenvalue weighted by molar-refractivity contribution is 7.89. The van der Waals surface area contributed by atoms with Crippen LogP contribution < -0.4 is 21.7 Å². The van der Waals surface area contributed by atoms with E-state index in [2.05, 4.69) is 9.71 Å². The maximum atomic E-state index is 11.6. The Morgan fingerprint density at radius 1 is 1.50 bits per heavy atom. The number of nitrogens with two attached hydrogens (primary N) is 1. The van der Waals surface area contributed by atoms with E-state index < -0.39 is 32.2 Å². The largest absolute Gasteiger partial charge is 0.329 e. The molecule has 8 nitrogen and oxygen atoms in total. The van der Waals surface area contributed by atoms with Crippen LogP contribution in [-0.4, -0.2) is 31.0 Å². The highest BCUT2D eigenvalue weighted by Crippen LogP contribution is 1.98. The molecular weight excluding hydrogens is 236 g/mol. The molecule has 0 saturated carbocycles. The molecule has 0 saturated heterocycles. The zero-order valence-electron chi connectivity index (χ0n) is 8.48. The van der Waals surface area contributed by atoms with Crippen LogP contribution in [0, 0.1) is 0 Å². The maximum Gasteiger partial charge on any atom is 0.325 e. The molecule has 0 amide bonds. The topological polar surface area (TPSA) is 138 Å². The van der Waals surface area contributed by atoms with Crippen molar-refractivity contribution in [2.24, 2.45) is 5.73 Å². The Hall–Kier alpha value is -1.45. The van der Waals surface area contributed by atoms with E-state index in [0.717, 1.165) is 6.20 Å². The lowest BCUT2D eigenvalue weighted by Crippen LogP contribution is -2.40. The Labute approximate surface area is 90.9 Å². The van der Waals surface area contributed by atoms with Gasteiger partial charge in [-0.25, -0.2) is 17.9 Å². The van der Waals surface area contributed by atoms with E-state index in [4.69, 9.17) is 5.73 Å². The molecule has 90 valence electrons. The Morgan fingerprint density at radius 3 is 2.62 bits per heavy atom. The summed E-state index contributed by atoms with van der Waals surface area (Å²) >= 11 is 0. The van der Waals surface area contributed by atoms with Gasteiger partial charge in [-0.1, -0.05) is 0 Å². The van der Waals surface area contributed by atoms with Crippen LogP contribution in [0.5, 0.6) is 0 Å². The van der Waals surface area contributed by atoms with E-state index >= 15 is 0 Å². The van der Waals surface area contributed by atoms with Crippen molar-refractivity contribution in [1.82, 2.24) is 14.7 Å². The number of H-pyrrole nitrogens is 2. The molecule has 1 aromatic heterocycles. The molecule has 0 radical (unpaired) electrons. The van der Waals surface area contributed by atoms with Gasteiger partial charge in [0.05, 0.1) is 0 Å². The van der Waals surface area contributed by atoms with Crippen molar-refractivity contribution >= 4 is 10.0 Å². The molecule has 9 heteroatoms. The zero-order chi connectivity index (χ0) is 12.3. The third-order valence-electron chi connectivity index (χ3n) is 1.78. The Morgan fingerprint density at radius 2 is 2.12 bits per heavy atom. The van der Waals surface area contributed by atoms with Gasteiger partial charge in [0.15, 0.2) is 4.90 Å². The average molecular weight is 248 g/mol. The van der Waals surface area contributed by atoms with Gasteiger partial charge in [0.2, 0.25) is 10.0 Å². The predicted octanol–water partition coefficient (Wildman–Crippen LogP) is -2.31. The molecule has 1 heterocycles. The number of rotatable bonds is 4. The standard InChI is InChI=1S/C7H12N4O4S/c1-4(2-8)11-16(14,15)5-3-9-7(13)10-6(5)12/h3-4,11H,2,8H2,1H3,(H2,9,10,12,13). The van der Waals surface area contributed by atoms with Crippen LogP contribution in [0.4, 0.5) is 0 Å². The summed E-state index contributed by atoms with van der Waals surface area (Å²) in [6, 6.07) is -0.503. The summed E-state index contributed by atoms with van der Waals surface area (Å²) in [4.78, 5) is 25.3. The van der Waals surface area contributed by atoms with E-state index in [-0.39, 0.29) is 6.54 Å².